The van der Waals surface area contributed by atoms with Crippen LogP contribution >= 0.6 is 0 Å². The van der Waals surface area contributed by atoms with E-state index in [1.54, 1.807) is 0 Å². The highest BCUT2D eigenvalue weighted by atomic mass is 16.5. The number of hydrogen-bond acceptors (Lipinski definition) is 4. The minimum atomic E-state index is -0.474. The van der Waals surface area contributed by atoms with Crippen LogP contribution in [0.2, 0.25) is 0 Å². The average molecular weight is 280 g/mol. The summed E-state index contributed by atoms with van der Waals surface area (Å²) in [4.78, 5) is 14.9. The van der Waals surface area contributed by atoms with Crippen LogP contribution < -0.4 is 5.32 Å². The first kappa shape index (κ1) is 14.3. The molecular weight excluding hydrogens is 252 g/mol. The lowest BCUT2D eigenvalue weighted by Gasteiger charge is -2.36. The highest BCUT2D eigenvalue weighted by Gasteiger charge is 2.52. The predicted octanol–water partition coefficient (Wildman–Crippen LogP) is 1.65. The van der Waals surface area contributed by atoms with Gasteiger partial charge >= 0.3 is 5.97 Å². The van der Waals surface area contributed by atoms with E-state index in [0.29, 0.717) is 5.92 Å². The van der Waals surface area contributed by atoms with Crippen LogP contribution in [0.3, 0.4) is 0 Å². The van der Waals surface area contributed by atoms with Crippen LogP contribution in [0.5, 0.6) is 0 Å². The maximum Gasteiger partial charge on any atom is 0.327 e. The molecule has 4 nitrogen and oxygen atoms in total. The quantitative estimate of drug-likeness (QED) is 0.652. The molecule has 20 heavy (non-hydrogen) atoms. The Morgan fingerprint density at radius 2 is 1.70 bits per heavy atom. The van der Waals surface area contributed by atoms with Crippen molar-refractivity contribution < 1.29 is 9.53 Å². The summed E-state index contributed by atoms with van der Waals surface area (Å²) in [6, 6.07) is 0. The molecule has 3 aliphatic rings. The number of hydrogen-bond donors (Lipinski definition) is 1. The second kappa shape index (κ2) is 5.64. The van der Waals surface area contributed by atoms with Gasteiger partial charge < -0.3 is 15.0 Å². The van der Waals surface area contributed by atoms with Gasteiger partial charge in [-0.1, -0.05) is 0 Å². The van der Waals surface area contributed by atoms with Crippen LogP contribution in [-0.4, -0.2) is 50.2 Å². The minimum absolute atomic E-state index is 0.0703. The Morgan fingerprint density at radius 3 is 2.05 bits per heavy atom. The summed E-state index contributed by atoms with van der Waals surface area (Å²) >= 11 is 0. The fourth-order valence-electron chi connectivity index (χ4n) is 3.39. The van der Waals surface area contributed by atoms with Gasteiger partial charge in [0.15, 0.2) is 0 Å². The Hall–Kier alpha value is -0.610. The zero-order valence-electron chi connectivity index (χ0n) is 12.9. The number of carbonyl (C=O) groups is 1. The lowest BCUT2D eigenvalue weighted by Crippen LogP contribution is -2.60. The van der Waals surface area contributed by atoms with Gasteiger partial charge in [0.25, 0.3) is 0 Å². The Balaban J connectivity index is 1.68. The summed E-state index contributed by atoms with van der Waals surface area (Å²) in [5.74, 6) is 2.14. The second-order valence-electron chi connectivity index (χ2n) is 7.07. The molecule has 3 rings (SSSR count). The number of ether oxygens (including phenoxy) is 1. The van der Waals surface area contributed by atoms with E-state index in [1.807, 2.05) is 7.05 Å². The van der Waals surface area contributed by atoms with Gasteiger partial charge in [-0.3, -0.25) is 0 Å². The molecule has 0 aromatic heterocycles. The highest BCUT2D eigenvalue weighted by molar-refractivity contribution is 5.82. The van der Waals surface area contributed by atoms with Crippen molar-refractivity contribution in [1.29, 1.82) is 0 Å². The summed E-state index contributed by atoms with van der Waals surface area (Å²) in [5, 5.41) is 3.33. The number of methoxy groups -OCH3 is 1. The van der Waals surface area contributed by atoms with Crippen molar-refractivity contribution in [2.75, 3.05) is 33.8 Å². The molecule has 1 N–H and O–H groups in total. The molecule has 0 saturated heterocycles. The minimum Gasteiger partial charge on any atom is -0.468 e. The van der Waals surface area contributed by atoms with Crippen molar-refractivity contribution in [3.05, 3.63) is 0 Å². The van der Waals surface area contributed by atoms with E-state index in [1.165, 1.54) is 45.9 Å². The van der Waals surface area contributed by atoms with Gasteiger partial charge in [0, 0.05) is 19.6 Å². The molecule has 114 valence electrons. The van der Waals surface area contributed by atoms with Gasteiger partial charge in [-0.05, 0) is 63.3 Å². The molecule has 0 aliphatic heterocycles. The lowest BCUT2D eigenvalue weighted by molar-refractivity contribution is -0.150. The molecular formula is C16H28N2O2. The number of rotatable bonds is 9. The molecule has 0 radical (unpaired) electrons. The zero-order valence-corrected chi connectivity index (χ0v) is 12.9. The summed E-state index contributed by atoms with van der Waals surface area (Å²) in [5.41, 5.74) is -0.474. The third-order valence-corrected chi connectivity index (χ3v) is 5.17. The van der Waals surface area contributed by atoms with Crippen molar-refractivity contribution in [2.45, 2.75) is 44.1 Å². The topological polar surface area (TPSA) is 41.6 Å². The van der Waals surface area contributed by atoms with E-state index in [-0.39, 0.29) is 5.97 Å². The van der Waals surface area contributed by atoms with E-state index in [0.717, 1.165) is 31.2 Å². The predicted molar refractivity (Wildman–Crippen MR) is 78.4 cm³/mol. The van der Waals surface area contributed by atoms with Crippen molar-refractivity contribution in [1.82, 2.24) is 10.2 Å². The molecule has 3 aliphatic carbocycles. The first-order valence-corrected chi connectivity index (χ1v) is 8.17. The van der Waals surface area contributed by atoms with E-state index in [2.05, 4.69) is 10.2 Å². The van der Waals surface area contributed by atoms with Gasteiger partial charge in [-0.2, -0.15) is 0 Å². The molecule has 0 aromatic rings. The first-order chi connectivity index (χ1) is 9.68. The number of esters is 1. The van der Waals surface area contributed by atoms with Crippen LogP contribution in [0.25, 0.3) is 0 Å². The molecule has 1 unspecified atom stereocenters. The number of carbonyl (C=O) groups excluding carboxylic acids is 1. The third-order valence-electron chi connectivity index (χ3n) is 5.17. The van der Waals surface area contributed by atoms with Gasteiger partial charge in [0.05, 0.1) is 7.11 Å². The van der Waals surface area contributed by atoms with E-state index in [4.69, 9.17) is 4.74 Å². The van der Waals surface area contributed by atoms with Crippen molar-refractivity contribution in [2.24, 2.45) is 17.8 Å². The zero-order chi connectivity index (χ0) is 14.2. The fraction of sp³-hybridized carbons (Fsp3) is 0.938. The second-order valence-corrected chi connectivity index (χ2v) is 7.07. The van der Waals surface area contributed by atoms with Crippen molar-refractivity contribution in [3.63, 3.8) is 0 Å². The smallest absolute Gasteiger partial charge is 0.327 e. The van der Waals surface area contributed by atoms with Crippen LogP contribution in [0, 0.1) is 17.8 Å². The lowest BCUT2D eigenvalue weighted by atomic mass is 9.92. The molecule has 0 heterocycles. The highest BCUT2D eigenvalue weighted by Crippen LogP contribution is 2.42. The standard InChI is InChI=1S/C16H28N2O2/c1-17-16(14-7-8-14,15(19)20-2)11-18(9-12-3-4-12)10-13-5-6-13/h12-14,17H,3-11H2,1-2H3. The van der Waals surface area contributed by atoms with Crippen LogP contribution in [-0.2, 0) is 9.53 Å². The molecule has 0 bridgehead atoms. The third kappa shape index (κ3) is 3.17. The Labute approximate surface area is 122 Å². The number of likely N-dealkylation sites (N-methyl/N-ethyl adjacent to an activating group) is 1. The van der Waals surface area contributed by atoms with E-state index in [9.17, 15) is 4.79 Å². The van der Waals surface area contributed by atoms with Gasteiger partial charge in [-0.25, -0.2) is 4.79 Å². The summed E-state index contributed by atoms with van der Waals surface area (Å²) in [6.07, 6.45) is 7.78. The first-order valence-electron chi connectivity index (χ1n) is 8.17. The molecule has 4 heteroatoms. The maximum absolute atomic E-state index is 12.4. The molecule has 0 spiro atoms. The summed E-state index contributed by atoms with van der Waals surface area (Å²) in [7, 11) is 3.44. The maximum atomic E-state index is 12.4. The Bertz CT molecular complexity index is 347. The fourth-order valence-corrected chi connectivity index (χ4v) is 3.39. The van der Waals surface area contributed by atoms with Crippen LogP contribution in [0.15, 0.2) is 0 Å². The molecule has 3 fully saturated rings. The van der Waals surface area contributed by atoms with Crippen molar-refractivity contribution >= 4 is 5.97 Å². The van der Waals surface area contributed by atoms with Gasteiger partial charge in [0.1, 0.15) is 5.54 Å². The average Bonchev–Trinajstić information content (AvgIpc) is 3.28. The van der Waals surface area contributed by atoms with Crippen molar-refractivity contribution in [3.8, 4) is 0 Å². The number of nitrogens with one attached hydrogen (secondary N) is 1. The normalized spacial score (nSPS) is 25.6. The van der Waals surface area contributed by atoms with Crippen LogP contribution in [0.1, 0.15) is 38.5 Å². The van der Waals surface area contributed by atoms with Gasteiger partial charge in [-0.15, -0.1) is 0 Å². The SMILES string of the molecule is CNC(CN(CC1CC1)CC1CC1)(C(=O)OC)C1CC1. The van der Waals surface area contributed by atoms with Gasteiger partial charge in [0.2, 0.25) is 0 Å². The Kier molecular flexibility index (Phi) is 4.04. The monoisotopic (exact) mass is 280 g/mol. The molecule has 0 amide bonds. The van der Waals surface area contributed by atoms with E-state index < -0.39 is 5.54 Å². The molecule has 1 atom stereocenters. The largest absolute Gasteiger partial charge is 0.468 e. The Morgan fingerprint density at radius 1 is 1.15 bits per heavy atom. The molecule has 3 saturated carbocycles. The van der Waals surface area contributed by atoms with E-state index >= 15 is 0 Å². The summed E-state index contributed by atoms with van der Waals surface area (Å²) in [6.45, 7) is 3.17. The number of nitrogens with zero attached hydrogens (tertiary/aromatic N) is 1. The molecule has 0 aromatic carbocycles. The summed E-state index contributed by atoms with van der Waals surface area (Å²) < 4.78 is 5.12. The van der Waals surface area contributed by atoms with Crippen LogP contribution in [0.4, 0.5) is 0 Å².